The molecule has 3 aliphatic rings. The maximum Gasteiger partial charge on any atom is 0.364 e. The molecule has 3 rings (SSSR count). The Hall–Kier alpha value is -3.25. The Balaban J connectivity index is 2.01. The van der Waals surface area contributed by atoms with Gasteiger partial charge in [-0.25, -0.2) is 9.59 Å². The Morgan fingerprint density at radius 2 is 1.09 bits per heavy atom. The summed E-state index contributed by atoms with van der Waals surface area (Å²) in [5.41, 5.74) is 0. The first-order valence-corrected chi connectivity index (χ1v) is 16.8. The van der Waals surface area contributed by atoms with Gasteiger partial charge < -0.3 is 101 Å². The molecule has 0 unspecified atom stereocenters. The number of ether oxygens (including phenoxy) is 5. The molecule has 3 aliphatic heterocycles. The summed E-state index contributed by atoms with van der Waals surface area (Å²) in [7, 11) is 0. The lowest BCUT2D eigenvalue weighted by Crippen LogP contribution is -2.72. The molecule has 25 nitrogen and oxygen atoms in total. The molecule has 0 aromatic rings. The summed E-state index contributed by atoms with van der Waals surface area (Å²) in [5, 5.41) is 132. The van der Waals surface area contributed by atoms with E-state index in [0.717, 1.165) is 20.8 Å². The van der Waals surface area contributed by atoms with E-state index in [1.807, 2.05) is 0 Å². The van der Waals surface area contributed by atoms with Crippen LogP contribution in [0.2, 0.25) is 0 Å². The molecule has 0 saturated carbocycles. The van der Waals surface area contributed by atoms with Crippen LogP contribution in [0, 0.1) is 0 Å². The van der Waals surface area contributed by atoms with Crippen LogP contribution in [0.3, 0.4) is 0 Å². The van der Waals surface area contributed by atoms with Gasteiger partial charge in [0.2, 0.25) is 17.7 Å². The fourth-order valence-electron chi connectivity index (χ4n) is 6.56. The molecule has 3 fully saturated rings. The highest BCUT2D eigenvalue weighted by Gasteiger charge is 2.61. The Bertz CT molecular complexity index is 1380. The van der Waals surface area contributed by atoms with Crippen molar-refractivity contribution in [3.63, 3.8) is 0 Å². The third kappa shape index (κ3) is 10.4. The van der Waals surface area contributed by atoms with Crippen molar-refractivity contribution in [1.29, 1.82) is 0 Å². The van der Waals surface area contributed by atoms with E-state index >= 15 is 0 Å². The lowest BCUT2D eigenvalue weighted by atomic mass is 9.87. The Morgan fingerprint density at radius 3 is 1.49 bits per heavy atom. The van der Waals surface area contributed by atoms with Gasteiger partial charge in [-0.05, 0) is 0 Å². The second-order valence-electron chi connectivity index (χ2n) is 13.4. The number of aliphatic hydroxyl groups is 10. The number of carboxylic acid groups (broad SMARTS) is 2. The second-order valence-corrected chi connectivity index (χ2v) is 13.4. The minimum absolute atomic E-state index is 0.774. The topological polar surface area (TPSA) is 410 Å². The van der Waals surface area contributed by atoms with Crippen LogP contribution >= 0.6 is 0 Å². The zero-order chi connectivity index (χ0) is 41.7. The van der Waals surface area contributed by atoms with E-state index in [2.05, 4.69) is 16.0 Å². The lowest BCUT2D eigenvalue weighted by molar-refractivity contribution is -0.359. The number of aliphatic carboxylic acids is 2. The second kappa shape index (κ2) is 18.8. The number of aliphatic hydroxyl groups excluding tert-OH is 10. The number of carbonyl (C=O) groups is 5. The molecule has 316 valence electrons. The Labute approximate surface area is 311 Å². The average molecular weight is 804 g/mol. The van der Waals surface area contributed by atoms with Crippen LogP contribution in [-0.4, -0.2) is 214 Å². The third-order valence-electron chi connectivity index (χ3n) is 9.24. The van der Waals surface area contributed by atoms with Crippen LogP contribution in [0.25, 0.3) is 0 Å². The van der Waals surface area contributed by atoms with Crippen LogP contribution in [0.5, 0.6) is 0 Å². The molecular weight excluding hydrogens is 754 g/mol. The summed E-state index contributed by atoms with van der Waals surface area (Å²) in [4.78, 5) is 61.3. The first kappa shape index (κ1) is 46.1. The van der Waals surface area contributed by atoms with Crippen LogP contribution in [0.4, 0.5) is 0 Å². The first-order chi connectivity index (χ1) is 25.5. The Kier molecular flexibility index (Phi) is 15.8. The van der Waals surface area contributed by atoms with Gasteiger partial charge in [-0.3, -0.25) is 14.4 Å². The first-order valence-electron chi connectivity index (χ1n) is 16.8. The number of nitrogens with one attached hydrogen (secondary N) is 3. The number of carbonyl (C=O) groups excluding carboxylic acids is 3. The van der Waals surface area contributed by atoms with E-state index in [1.165, 1.54) is 0 Å². The largest absolute Gasteiger partial charge is 0.477 e. The van der Waals surface area contributed by atoms with Gasteiger partial charge in [0.1, 0.15) is 61.0 Å². The number of carboxylic acids is 2. The van der Waals surface area contributed by atoms with Crippen molar-refractivity contribution in [1.82, 2.24) is 16.0 Å². The summed E-state index contributed by atoms with van der Waals surface area (Å²) in [6, 6.07) is -5.05. The molecule has 0 aliphatic carbocycles. The number of rotatable bonds is 16. The average Bonchev–Trinajstić information content (AvgIpc) is 3.10. The molecule has 17 atom stereocenters. The molecule has 3 saturated heterocycles. The molecule has 0 aromatic heterocycles. The van der Waals surface area contributed by atoms with Gasteiger partial charge in [-0.15, -0.1) is 0 Å². The van der Waals surface area contributed by atoms with Crippen molar-refractivity contribution in [2.45, 2.75) is 137 Å². The number of hydrogen-bond acceptors (Lipinski definition) is 20. The van der Waals surface area contributed by atoms with Crippen LogP contribution in [0.1, 0.15) is 33.6 Å². The maximum atomic E-state index is 12.8. The fourth-order valence-corrected chi connectivity index (χ4v) is 6.56. The van der Waals surface area contributed by atoms with Crippen molar-refractivity contribution >= 4 is 29.7 Å². The highest BCUT2D eigenvalue weighted by atomic mass is 16.8. The highest BCUT2D eigenvalue weighted by Crippen LogP contribution is 2.38. The number of amides is 3. The molecule has 15 N–H and O–H groups in total. The van der Waals surface area contributed by atoms with Gasteiger partial charge in [0.25, 0.3) is 11.6 Å². The predicted octanol–water partition coefficient (Wildman–Crippen LogP) is -8.73. The maximum absolute atomic E-state index is 12.8. The summed E-state index contributed by atoms with van der Waals surface area (Å²) in [6.45, 7) is -0.326. The normalized spacial score (nSPS) is 38.8. The zero-order valence-corrected chi connectivity index (χ0v) is 29.6. The summed E-state index contributed by atoms with van der Waals surface area (Å²) >= 11 is 0. The van der Waals surface area contributed by atoms with Crippen molar-refractivity contribution in [2.24, 2.45) is 0 Å². The van der Waals surface area contributed by atoms with Crippen molar-refractivity contribution < 1.29 is 109 Å². The minimum atomic E-state index is -3.13. The van der Waals surface area contributed by atoms with Crippen LogP contribution in [-0.2, 0) is 47.7 Å². The highest BCUT2D eigenvalue weighted by molar-refractivity contribution is 5.77. The molecule has 0 bridgehead atoms. The summed E-state index contributed by atoms with van der Waals surface area (Å²) in [6.07, 6.45) is -26.8. The lowest BCUT2D eigenvalue weighted by Gasteiger charge is -2.50. The molecule has 55 heavy (non-hydrogen) atoms. The monoisotopic (exact) mass is 803 g/mol. The van der Waals surface area contributed by atoms with E-state index in [1.54, 1.807) is 0 Å². The molecule has 3 heterocycles. The molecule has 25 heteroatoms. The molecular formula is C30H49N3O22. The minimum Gasteiger partial charge on any atom is -0.477 e. The van der Waals surface area contributed by atoms with Crippen molar-refractivity contribution in [3.8, 4) is 0 Å². The van der Waals surface area contributed by atoms with Gasteiger partial charge in [0.15, 0.2) is 6.29 Å². The summed E-state index contributed by atoms with van der Waals surface area (Å²) < 4.78 is 27.7. The predicted molar refractivity (Wildman–Crippen MR) is 170 cm³/mol. The van der Waals surface area contributed by atoms with Crippen LogP contribution in [0.15, 0.2) is 0 Å². The quantitative estimate of drug-likeness (QED) is 0.0689. The van der Waals surface area contributed by atoms with Gasteiger partial charge in [0.05, 0.1) is 44.1 Å². The van der Waals surface area contributed by atoms with E-state index in [9.17, 15) is 85.3 Å². The van der Waals surface area contributed by atoms with Crippen molar-refractivity contribution in [3.05, 3.63) is 0 Å². The standard InChI is InChI=1S/C30H49N3O22/c1-9(36)31-17-12(39)4-29(27(47)48,53-23(17)20(43)14(41)6-34)51-8-16-22(45)25(19(26(46)52-16)33-11(3)38)55-30(28(49)50)5-13(40)18(32-10(2)37)24(54-30)21(44)15(42)7-35/h12-26,34-35,39-46H,4-8H2,1-3H3,(H,31,36)(H,32,37)(H,33,38)(H,47,48)(H,49,50)/t12-,13-,14+,15+,16+,17+,18+,19+,20+,21+,22-,23+,24+,25+,26-,29+,30-/m0/s1. The molecule has 3 amide bonds. The van der Waals surface area contributed by atoms with E-state index < -0.39 is 165 Å². The smallest absolute Gasteiger partial charge is 0.364 e. The van der Waals surface area contributed by atoms with E-state index in [-0.39, 0.29) is 0 Å². The SMILES string of the molecule is CC(=O)N[C@@H]1[C@@H](O[C@]2(C(=O)O)C[C@H](O)[C@@H](NC(C)=O)[C@H]([C@H](O)[C@H](O)CO)O2)[C@@H](O)[C@@H](CO[C@]2(C(=O)O)C[C@H](O)[C@@H](NC(C)=O)[C@H]([C@H](O)[C@H](O)CO)O2)O[C@@H]1O. The van der Waals surface area contributed by atoms with Gasteiger partial charge >= 0.3 is 11.9 Å². The molecule has 0 radical (unpaired) electrons. The van der Waals surface area contributed by atoms with Crippen LogP contribution < -0.4 is 16.0 Å². The zero-order valence-electron chi connectivity index (χ0n) is 29.6. The third-order valence-corrected chi connectivity index (χ3v) is 9.24. The van der Waals surface area contributed by atoms with Gasteiger partial charge in [0, 0.05) is 33.6 Å². The summed E-state index contributed by atoms with van der Waals surface area (Å²) in [5.74, 6) is -12.6. The molecule has 0 spiro atoms. The molecule has 0 aromatic carbocycles. The number of hydrogen-bond donors (Lipinski definition) is 15. The van der Waals surface area contributed by atoms with Gasteiger partial charge in [-0.2, -0.15) is 0 Å². The fraction of sp³-hybridized carbons (Fsp3) is 0.833. The van der Waals surface area contributed by atoms with E-state index in [0.29, 0.717) is 0 Å². The van der Waals surface area contributed by atoms with Gasteiger partial charge in [-0.1, -0.05) is 0 Å². The Morgan fingerprint density at radius 1 is 0.691 bits per heavy atom. The van der Waals surface area contributed by atoms with Crippen molar-refractivity contribution in [2.75, 3.05) is 19.8 Å². The van der Waals surface area contributed by atoms with E-state index in [4.69, 9.17) is 23.7 Å².